The maximum Gasteiger partial charge on any atom is 0.259 e. The van der Waals surface area contributed by atoms with Gasteiger partial charge < -0.3 is 19.4 Å². The summed E-state index contributed by atoms with van der Waals surface area (Å²) >= 11 is 0. The lowest BCUT2D eigenvalue weighted by Crippen LogP contribution is -2.60. The number of aryl methyl sites for hydroxylation is 1. The molecule has 6 rings (SSSR count). The number of pyridine rings is 2. The highest BCUT2D eigenvalue weighted by atomic mass is 16.5. The number of nitrogens with one attached hydrogen (secondary N) is 1. The lowest BCUT2D eigenvalue weighted by atomic mass is 9.98. The third-order valence-electron chi connectivity index (χ3n) is 8.98. The van der Waals surface area contributed by atoms with Crippen LogP contribution in [0.1, 0.15) is 18.4 Å². The summed E-state index contributed by atoms with van der Waals surface area (Å²) in [5, 5.41) is 4.88. The second kappa shape index (κ2) is 11.3. The van der Waals surface area contributed by atoms with E-state index in [1.807, 2.05) is 12.3 Å². The molecule has 3 saturated heterocycles. The Bertz CT molecular complexity index is 1350. The van der Waals surface area contributed by atoms with Gasteiger partial charge in [-0.15, -0.1) is 0 Å². The van der Waals surface area contributed by atoms with Gasteiger partial charge in [-0.05, 0) is 42.0 Å². The summed E-state index contributed by atoms with van der Waals surface area (Å²) in [6, 6.07) is 7.51. The van der Waals surface area contributed by atoms with Gasteiger partial charge in [-0.3, -0.25) is 24.5 Å². The summed E-state index contributed by atoms with van der Waals surface area (Å²) in [7, 11) is 5.21. The molecule has 0 amide bonds. The first kappa shape index (κ1) is 26.3. The van der Waals surface area contributed by atoms with Crippen molar-refractivity contribution in [3.63, 3.8) is 0 Å². The molecule has 0 bridgehead atoms. The van der Waals surface area contributed by atoms with E-state index in [4.69, 9.17) is 9.47 Å². The zero-order valence-electron chi connectivity index (χ0n) is 23.4. The number of likely N-dealkylation sites (tertiary alicyclic amines) is 1. The number of fused-ring (bicyclic) bond motifs is 1. The predicted molar refractivity (Wildman–Crippen MR) is 154 cm³/mol. The van der Waals surface area contributed by atoms with Crippen LogP contribution in [0.5, 0.6) is 11.5 Å². The Morgan fingerprint density at radius 3 is 2.21 bits per heavy atom. The van der Waals surface area contributed by atoms with Gasteiger partial charge >= 0.3 is 0 Å². The number of piperidine rings is 1. The highest BCUT2D eigenvalue weighted by Gasteiger charge is 2.32. The van der Waals surface area contributed by atoms with Crippen molar-refractivity contribution < 1.29 is 9.47 Å². The van der Waals surface area contributed by atoms with Gasteiger partial charge in [0.2, 0.25) is 0 Å². The first-order valence-electron chi connectivity index (χ1n) is 14.2. The summed E-state index contributed by atoms with van der Waals surface area (Å²) in [4.78, 5) is 24.8. The maximum absolute atomic E-state index is 12.7. The number of piperazine rings is 1. The Morgan fingerprint density at radius 2 is 1.59 bits per heavy atom. The summed E-state index contributed by atoms with van der Waals surface area (Å²) in [6.45, 7) is 9.88. The fourth-order valence-corrected chi connectivity index (χ4v) is 6.49. The van der Waals surface area contributed by atoms with Crippen molar-refractivity contribution in [3.05, 3.63) is 52.7 Å². The van der Waals surface area contributed by atoms with Gasteiger partial charge in [0.1, 0.15) is 11.5 Å². The van der Waals surface area contributed by atoms with Crippen molar-refractivity contribution in [2.24, 2.45) is 7.05 Å². The monoisotopic (exact) mass is 532 g/mol. The molecule has 9 heteroatoms. The molecule has 3 aromatic rings. The van der Waals surface area contributed by atoms with Crippen LogP contribution in [0.15, 0.2) is 41.6 Å². The normalized spacial score (nSPS) is 20.3. The van der Waals surface area contributed by atoms with E-state index in [9.17, 15) is 4.79 Å². The molecule has 0 saturated carbocycles. The van der Waals surface area contributed by atoms with Crippen LogP contribution in [0.4, 0.5) is 0 Å². The molecule has 3 fully saturated rings. The van der Waals surface area contributed by atoms with Crippen LogP contribution < -0.4 is 20.3 Å². The maximum atomic E-state index is 12.7. The van der Waals surface area contributed by atoms with Crippen LogP contribution in [-0.2, 0) is 13.6 Å². The molecule has 0 spiro atoms. The molecule has 9 nitrogen and oxygen atoms in total. The average molecular weight is 533 g/mol. The minimum absolute atomic E-state index is 0.0576. The molecule has 0 unspecified atom stereocenters. The topological polar surface area (TPSA) is 75.1 Å². The zero-order chi connectivity index (χ0) is 26.9. The van der Waals surface area contributed by atoms with Gasteiger partial charge in [0, 0.05) is 102 Å². The molecule has 2 aromatic heterocycles. The Hall–Kier alpha value is -2.98. The van der Waals surface area contributed by atoms with Crippen LogP contribution in [0.2, 0.25) is 0 Å². The number of aromatic nitrogens is 2. The molecular weight excluding hydrogens is 492 g/mol. The second-order valence-corrected chi connectivity index (χ2v) is 11.1. The van der Waals surface area contributed by atoms with E-state index in [2.05, 4.69) is 37.1 Å². The first-order valence-corrected chi connectivity index (χ1v) is 14.2. The number of rotatable bonds is 7. The van der Waals surface area contributed by atoms with Crippen molar-refractivity contribution in [2.75, 3.05) is 66.6 Å². The Morgan fingerprint density at radius 1 is 0.923 bits per heavy atom. The van der Waals surface area contributed by atoms with Crippen molar-refractivity contribution in [3.8, 4) is 22.6 Å². The molecule has 39 heavy (non-hydrogen) atoms. The standard InChI is InChI=1S/C30H40N6O3/c1-33-19-26(24-4-7-31-18-25(24)30(33)37)21-14-28(38-2)27(29(15-21)39-3)20-34-10-12-36(13-11-34)22-5-8-35(9-6-22)23-16-32-17-23/h4,7,14-15,18-19,22-23,32H,5-6,8-13,16-17,20H2,1-3H3. The van der Waals surface area contributed by atoms with Crippen LogP contribution in [0.25, 0.3) is 21.9 Å². The highest BCUT2D eigenvalue weighted by molar-refractivity contribution is 5.95. The summed E-state index contributed by atoms with van der Waals surface area (Å²) < 4.78 is 13.4. The third-order valence-corrected chi connectivity index (χ3v) is 8.98. The molecule has 3 aliphatic heterocycles. The van der Waals surface area contributed by atoms with E-state index in [1.165, 1.54) is 25.9 Å². The van der Waals surface area contributed by atoms with Crippen LogP contribution in [0, 0.1) is 0 Å². The van der Waals surface area contributed by atoms with Crippen molar-refractivity contribution in [1.82, 2.24) is 29.6 Å². The fourth-order valence-electron chi connectivity index (χ4n) is 6.49. The Labute approximate surface area is 230 Å². The molecule has 1 N–H and O–H groups in total. The highest BCUT2D eigenvalue weighted by Crippen LogP contribution is 2.38. The number of benzene rings is 1. The Balaban J connectivity index is 1.17. The molecule has 0 aliphatic carbocycles. The SMILES string of the molecule is COc1cc(-c2cn(C)c(=O)c3cnccc23)cc(OC)c1CN1CCN(C2CCN(C3CNC3)CC2)CC1. The Kier molecular flexibility index (Phi) is 7.57. The minimum Gasteiger partial charge on any atom is -0.496 e. The molecule has 208 valence electrons. The minimum atomic E-state index is -0.0576. The number of nitrogens with zero attached hydrogens (tertiary/aromatic N) is 5. The average Bonchev–Trinajstić information content (AvgIpc) is 2.95. The molecule has 3 aliphatic rings. The van der Waals surface area contributed by atoms with Crippen LogP contribution in [0.3, 0.4) is 0 Å². The largest absolute Gasteiger partial charge is 0.496 e. The summed E-state index contributed by atoms with van der Waals surface area (Å²) in [5.74, 6) is 1.61. The van der Waals surface area contributed by atoms with Crippen molar-refractivity contribution in [2.45, 2.75) is 31.5 Å². The molecule has 5 heterocycles. The van der Waals surface area contributed by atoms with Gasteiger partial charge in [-0.1, -0.05) is 0 Å². The lowest BCUT2D eigenvalue weighted by Gasteiger charge is -2.46. The summed E-state index contributed by atoms with van der Waals surface area (Å²) in [5.41, 5.74) is 2.91. The fraction of sp³-hybridized carbons (Fsp3) is 0.533. The van der Waals surface area contributed by atoms with Gasteiger partial charge in [-0.25, -0.2) is 0 Å². The van der Waals surface area contributed by atoms with Crippen LogP contribution >= 0.6 is 0 Å². The van der Waals surface area contributed by atoms with Gasteiger partial charge in [0.25, 0.3) is 5.56 Å². The number of methoxy groups -OCH3 is 2. The number of hydrogen-bond donors (Lipinski definition) is 1. The molecule has 1 aromatic carbocycles. The molecule has 0 atom stereocenters. The van der Waals surface area contributed by atoms with Crippen LogP contribution in [-0.4, -0.2) is 103 Å². The number of hydrogen-bond acceptors (Lipinski definition) is 8. The van der Waals surface area contributed by atoms with E-state index in [1.54, 1.807) is 38.2 Å². The molecule has 0 radical (unpaired) electrons. The van der Waals surface area contributed by atoms with Crippen molar-refractivity contribution in [1.29, 1.82) is 0 Å². The predicted octanol–water partition coefficient (Wildman–Crippen LogP) is 2.17. The lowest BCUT2D eigenvalue weighted by molar-refractivity contribution is 0.0366. The first-order chi connectivity index (χ1) is 19.1. The van der Waals surface area contributed by atoms with E-state index in [-0.39, 0.29) is 5.56 Å². The van der Waals surface area contributed by atoms with E-state index in [0.717, 1.165) is 85.4 Å². The van der Waals surface area contributed by atoms with Gasteiger partial charge in [0.15, 0.2) is 0 Å². The van der Waals surface area contributed by atoms with E-state index in [0.29, 0.717) is 11.4 Å². The smallest absolute Gasteiger partial charge is 0.259 e. The summed E-state index contributed by atoms with van der Waals surface area (Å²) in [6.07, 6.45) is 7.82. The molecular formula is C30H40N6O3. The number of ether oxygens (including phenoxy) is 2. The third kappa shape index (κ3) is 5.16. The van der Waals surface area contributed by atoms with E-state index >= 15 is 0 Å². The zero-order valence-corrected chi connectivity index (χ0v) is 23.4. The van der Waals surface area contributed by atoms with E-state index < -0.39 is 0 Å². The van der Waals surface area contributed by atoms with Gasteiger partial charge in [0.05, 0.1) is 25.2 Å². The quantitative estimate of drug-likeness (QED) is 0.497. The second-order valence-electron chi connectivity index (χ2n) is 11.1. The van der Waals surface area contributed by atoms with Gasteiger partial charge in [-0.2, -0.15) is 0 Å². The van der Waals surface area contributed by atoms with Crippen molar-refractivity contribution >= 4 is 10.8 Å².